The van der Waals surface area contributed by atoms with E-state index in [1.807, 2.05) is 45.0 Å². The predicted octanol–water partition coefficient (Wildman–Crippen LogP) is 2.10. The summed E-state index contributed by atoms with van der Waals surface area (Å²) in [7, 11) is -1.66. The van der Waals surface area contributed by atoms with Crippen LogP contribution in [-0.2, 0) is 21.3 Å². The van der Waals surface area contributed by atoms with E-state index in [-0.39, 0.29) is 24.0 Å². The maximum Gasteiger partial charge on any atom is 0.209 e. The number of hydrogen-bond donors (Lipinski definition) is 3. The molecule has 0 radical (unpaired) electrons. The van der Waals surface area contributed by atoms with E-state index in [0.717, 1.165) is 24.0 Å². The van der Waals surface area contributed by atoms with Crippen molar-refractivity contribution in [1.29, 1.82) is 0 Å². The smallest absolute Gasteiger partial charge is 0.209 e. The normalized spacial score (nSPS) is 12.2. The average Bonchev–Trinajstić information content (AvgIpc) is 2.61. The quantitative estimate of drug-likeness (QED) is 0.162. The first-order valence-corrected chi connectivity index (χ1v) is 11.3. The third-order valence-electron chi connectivity index (χ3n) is 3.70. The van der Waals surface area contributed by atoms with Crippen LogP contribution in [0.1, 0.15) is 32.8 Å². The van der Waals surface area contributed by atoms with E-state index in [4.69, 9.17) is 9.47 Å². The molecule has 1 aromatic rings. The summed E-state index contributed by atoms with van der Waals surface area (Å²) in [4.78, 5) is 4.60. The zero-order chi connectivity index (χ0) is 21.0. The molecule has 0 unspecified atom stereocenters. The van der Waals surface area contributed by atoms with Crippen molar-refractivity contribution in [3.05, 3.63) is 29.8 Å². The minimum atomic E-state index is -3.30. The van der Waals surface area contributed by atoms with Gasteiger partial charge in [0.2, 0.25) is 10.0 Å². The van der Waals surface area contributed by atoms with E-state index in [1.54, 1.807) is 7.11 Å². The molecule has 0 bridgehead atoms. The van der Waals surface area contributed by atoms with Gasteiger partial charge in [-0.1, -0.05) is 12.1 Å². The molecular formula is C19H35IN4O4S. The molecule has 0 aromatic heterocycles. The Bertz CT molecular complexity index is 709. The largest absolute Gasteiger partial charge is 0.497 e. The fraction of sp³-hybridized carbons (Fsp3) is 0.632. The lowest BCUT2D eigenvalue weighted by Crippen LogP contribution is -2.53. The van der Waals surface area contributed by atoms with Crippen LogP contribution in [0, 0.1) is 0 Å². The van der Waals surface area contributed by atoms with Gasteiger partial charge >= 0.3 is 0 Å². The lowest BCUT2D eigenvalue weighted by molar-refractivity contribution is 0.145. The molecule has 0 aliphatic rings. The standard InChI is InChI=1S/C19H34N4O4S.HI/c1-6-27-13-7-12-20-18(22-15-19(2,3)23-28(5,24)25)21-14-16-8-10-17(26-4)11-9-16;/h8-11,23H,6-7,12-15H2,1-5H3,(H2,20,21,22);1H. The second-order valence-electron chi connectivity index (χ2n) is 7.10. The van der Waals surface area contributed by atoms with Gasteiger partial charge in [-0.25, -0.2) is 18.1 Å². The van der Waals surface area contributed by atoms with Gasteiger partial charge in [-0.15, -0.1) is 24.0 Å². The van der Waals surface area contributed by atoms with Gasteiger partial charge in [-0.05, 0) is 44.9 Å². The molecule has 0 amide bonds. The summed E-state index contributed by atoms with van der Waals surface area (Å²) in [6, 6.07) is 7.72. The Balaban J connectivity index is 0.00000784. The van der Waals surface area contributed by atoms with Crippen LogP contribution in [0.3, 0.4) is 0 Å². The summed E-state index contributed by atoms with van der Waals surface area (Å²) in [5.74, 6) is 1.42. The van der Waals surface area contributed by atoms with E-state index < -0.39 is 15.6 Å². The van der Waals surface area contributed by atoms with Gasteiger partial charge in [-0.3, -0.25) is 0 Å². The second-order valence-corrected chi connectivity index (χ2v) is 8.85. The fourth-order valence-corrected chi connectivity index (χ4v) is 3.52. The molecule has 1 aromatic carbocycles. The van der Waals surface area contributed by atoms with Crippen LogP contribution in [-0.4, -0.2) is 59.6 Å². The van der Waals surface area contributed by atoms with Crippen LogP contribution in [0.15, 0.2) is 29.3 Å². The number of benzene rings is 1. The number of ether oxygens (including phenoxy) is 2. The Hall–Kier alpha value is -1.11. The van der Waals surface area contributed by atoms with Gasteiger partial charge < -0.3 is 20.1 Å². The number of halogens is 1. The van der Waals surface area contributed by atoms with Gasteiger partial charge in [0, 0.05) is 31.8 Å². The Morgan fingerprint density at radius 2 is 1.83 bits per heavy atom. The third-order valence-corrected chi connectivity index (χ3v) is 4.62. The van der Waals surface area contributed by atoms with Crippen molar-refractivity contribution in [3.63, 3.8) is 0 Å². The zero-order valence-corrected chi connectivity index (χ0v) is 21.1. The van der Waals surface area contributed by atoms with Gasteiger partial charge in [-0.2, -0.15) is 0 Å². The molecule has 10 heteroatoms. The molecule has 168 valence electrons. The lowest BCUT2D eigenvalue weighted by atomic mass is 10.1. The molecule has 1 rings (SSSR count). The molecule has 0 saturated heterocycles. The van der Waals surface area contributed by atoms with Crippen molar-refractivity contribution >= 4 is 40.0 Å². The molecular weight excluding hydrogens is 507 g/mol. The summed E-state index contributed by atoms with van der Waals surface area (Å²) in [5, 5.41) is 6.48. The van der Waals surface area contributed by atoms with Crippen LogP contribution in [0.4, 0.5) is 0 Å². The number of nitrogens with one attached hydrogen (secondary N) is 3. The van der Waals surface area contributed by atoms with E-state index in [1.165, 1.54) is 0 Å². The minimum Gasteiger partial charge on any atom is -0.497 e. The summed E-state index contributed by atoms with van der Waals surface area (Å²) >= 11 is 0. The van der Waals surface area contributed by atoms with Crippen molar-refractivity contribution in [2.24, 2.45) is 4.99 Å². The Morgan fingerprint density at radius 1 is 1.17 bits per heavy atom. The summed E-state index contributed by atoms with van der Waals surface area (Å²) < 4.78 is 36.2. The van der Waals surface area contributed by atoms with Crippen molar-refractivity contribution in [1.82, 2.24) is 15.4 Å². The topological polar surface area (TPSA) is 101 Å². The molecule has 29 heavy (non-hydrogen) atoms. The number of rotatable bonds is 12. The molecule has 0 atom stereocenters. The van der Waals surface area contributed by atoms with E-state index in [2.05, 4.69) is 20.3 Å². The minimum absolute atomic E-state index is 0. The maximum atomic E-state index is 11.5. The first-order chi connectivity index (χ1) is 13.1. The number of sulfonamides is 1. The van der Waals surface area contributed by atoms with Crippen LogP contribution >= 0.6 is 24.0 Å². The highest BCUT2D eigenvalue weighted by Crippen LogP contribution is 2.11. The monoisotopic (exact) mass is 542 g/mol. The Kier molecular flexibility index (Phi) is 13.5. The van der Waals surface area contributed by atoms with Gasteiger partial charge in [0.05, 0.1) is 19.9 Å². The average molecular weight is 542 g/mol. The van der Waals surface area contributed by atoms with Crippen LogP contribution in [0.25, 0.3) is 0 Å². The van der Waals surface area contributed by atoms with Crippen LogP contribution < -0.4 is 20.1 Å². The molecule has 8 nitrogen and oxygen atoms in total. The number of guanidine groups is 1. The summed E-state index contributed by atoms with van der Waals surface area (Å²) in [6.45, 7) is 8.56. The van der Waals surface area contributed by atoms with Gasteiger partial charge in [0.1, 0.15) is 5.75 Å². The molecule has 0 aliphatic heterocycles. The van der Waals surface area contributed by atoms with Crippen LogP contribution in [0.5, 0.6) is 5.75 Å². The third kappa shape index (κ3) is 13.7. The number of hydrogen-bond acceptors (Lipinski definition) is 5. The highest BCUT2D eigenvalue weighted by atomic mass is 127. The summed E-state index contributed by atoms with van der Waals surface area (Å²) in [6.07, 6.45) is 2.00. The van der Waals surface area contributed by atoms with E-state index >= 15 is 0 Å². The van der Waals surface area contributed by atoms with Crippen molar-refractivity contribution < 1.29 is 17.9 Å². The first-order valence-electron chi connectivity index (χ1n) is 9.37. The van der Waals surface area contributed by atoms with E-state index in [9.17, 15) is 8.42 Å². The summed E-state index contributed by atoms with van der Waals surface area (Å²) in [5.41, 5.74) is 0.395. The van der Waals surface area contributed by atoms with Crippen LogP contribution in [0.2, 0.25) is 0 Å². The lowest BCUT2D eigenvalue weighted by Gasteiger charge is -2.26. The highest BCUT2D eigenvalue weighted by Gasteiger charge is 2.22. The molecule has 0 aliphatic carbocycles. The molecule has 3 N–H and O–H groups in total. The fourth-order valence-electron chi connectivity index (χ4n) is 2.44. The highest BCUT2D eigenvalue weighted by molar-refractivity contribution is 14.0. The number of aliphatic imine (C=N–C) groups is 1. The van der Waals surface area contributed by atoms with Crippen molar-refractivity contribution in [2.75, 3.05) is 39.7 Å². The Labute approximate surface area is 192 Å². The number of nitrogens with zero attached hydrogens (tertiary/aromatic N) is 1. The van der Waals surface area contributed by atoms with Gasteiger partial charge in [0.15, 0.2) is 5.96 Å². The molecule has 0 spiro atoms. The van der Waals surface area contributed by atoms with Gasteiger partial charge in [0.25, 0.3) is 0 Å². The first kappa shape index (κ1) is 27.9. The number of methoxy groups -OCH3 is 1. The second kappa shape index (κ2) is 14.0. The van der Waals surface area contributed by atoms with Crippen molar-refractivity contribution in [3.8, 4) is 5.75 Å². The predicted molar refractivity (Wildman–Crippen MR) is 129 cm³/mol. The maximum absolute atomic E-state index is 11.5. The molecule has 0 saturated carbocycles. The Morgan fingerprint density at radius 3 is 2.38 bits per heavy atom. The van der Waals surface area contributed by atoms with Crippen molar-refractivity contribution in [2.45, 2.75) is 39.3 Å². The van der Waals surface area contributed by atoms with E-state index in [0.29, 0.717) is 38.8 Å². The SMILES string of the molecule is CCOCCCNC(=NCc1ccc(OC)cc1)NCC(C)(C)NS(C)(=O)=O.I. The molecule has 0 fully saturated rings. The molecule has 0 heterocycles. The zero-order valence-electron chi connectivity index (χ0n) is 17.9.